The summed E-state index contributed by atoms with van der Waals surface area (Å²) in [6.07, 6.45) is 7.32. The van der Waals surface area contributed by atoms with Crippen LogP contribution in [0.1, 0.15) is 62.9 Å². The number of ether oxygens (including phenoxy) is 1. The van der Waals surface area contributed by atoms with E-state index < -0.39 is 23.6 Å². The fourth-order valence-corrected chi connectivity index (χ4v) is 4.72. The van der Waals surface area contributed by atoms with Gasteiger partial charge in [0.1, 0.15) is 11.4 Å². The SMILES string of the molecule is CCNC(=O)Nc1nc2c(C3CCCO3)c(F)c(-c3cnc(C4(O)CCCC4)nc3)cc2[nH]1. The molecule has 1 saturated carbocycles. The summed E-state index contributed by atoms with van der Waals surface area (Å²) in [4.78, 5) is 28.2. The van der Waals surface area contributed by atoms with Crippen LogP contribution in [-0.4, -0.2) is 44.2 Å². The molecular weight excluding hydrogens is 427 g/mol. The van der Waals surface area contributed by atoms with E-state index in [4.69, 9.17) is 4.74 Å². The number of urea groups is 1. The Bertz CT molecular complexity index is 1170. The van der Waals surface area contributed by atoms with Gasteiger partial charge >= 0.3 is 6.03 Å². The quantitative estimate of drug-likeness (QED) is 0.463. The van der Waals surface area contributed by atoms with Crippen molar-refractivity contribution >= 4 is 23.0 Å². The van der Waals surface area contributed by atoms with E-state index in [2.05, 4.69) is 30.6 Å². The molecule has 2 aromatic heterocycles. The van der Waals surface area contributed by atoms with Gasteiger partial charge in [0, 0.05) is 42.2 Å². The van der Waals surface area contributed by atoms with Gasteiger partial charge in [-0.2, -0.15) is 0 Å². The number of halogens is 1. The zero-order valence-electron chi connectivity index (χ0n) is 18.4. The van der Waals surface area contributed by atoms with Crippen LogP contribution in [0.3, 0.4) is 0 Å². The standard InChI is InChI=1S/C23H27FN6O3/c1-2-25-22(31)30-21-28-15-10-14(18(24)17(19(15)29-21)16-6-5-9-33-16)13-11-26-20(27-12-13)23(32)7-3-4-8-23/h10-12,16,32H,2-9H2,1H3,(H3,25,28,29,30,31). The third-order valence-electron chi connectivity index (χ3n) is 6.38. The number of carbonyl (C=O) groups is 1. The lowest BCUT2D eigenvalue weighted by atomic mass is 9.97. The van der Waals surface area contributed by atoms with Crippen LogP contribution in [0.4, 0.5) is 15.1 Å². The van der Waals surface area contributed by atoms with Crippen LogP contribution in [0, 0.1) is 5.82 Å². The molecule has 2 aliphatic rings. The molecule has 0 spiro atoms. The van der Waals surface area contributed by atoms with Crippen molar-refractivity contribution in [2.75, 3.05) is 18.5 Å². The Morgan fingerprint density at radius 1 is 1.30 bits per heavy atom. The Kier molecular flexibility index (Phi) is 5.71. The molecule has 1 aromatic carbocycles. The molecule has 174 valence electrons. The summed E-state index contributed by atoms with van der Waals surface area (Å²) < 4.78 is 21.7. The number of rotatable bonds is 5. The molecule has 1 aliphatic carbocycles. The van der Waals surface area contributed by atoms with Crippen molar-refractivity contribution in [3.05, 3.63) is 35.7 Å². The van der Waals surface area contributed by atoms with Gasteiger partial charge in [0.15, 0.2) is 5.82 Å². The van der Waals surface area contributed by atoms with E-state index in [1.165, 1.54) is 0 Å². The number of aliphatic hydroxyl groups is 1. The highest BCUT2D eigenvalue weighted by Crippen LogP contribution is 2.40. The van der Waals surface area contributed by atoms with E-state index in [0.717, 1.165) is 19.3 Å². The third kappa shape index (κ3) is 4.04. The van der Waals surface area contributed by atoms with Crippen molar-refractivity contribution < 1.29 is 19.0 Å². The Morgan fingerprint density at radius 2 is 2.06 bits per heavy atom. The number of amides is 2. The molecule has 1 atom stereocenters. The molecule has 5 rings (SSSR count). The smallest absolute Gasteiger partial charge is 0.321 e. The molecule has 3 heterocycles. The van der Waals surface area contributed by atoms with Crippen molar-refractivity contribution in [3.8, 4) is 11.1 Å². The maximum absolute atomic E-state index is 15.9. The van der Waals surface area contributed by atoms with Gasteiger partial charge < -0.3 is 20.1 Å². The molecule has 3 aromatic rings. The van der Waals surface area contributed by atoms with Gasteiger partial charge in [-0.05, 0) is 51.5 Å². The summed E-state index contributed by atoms with van der Waals surface area (Å²) in [7, 11) is 0. The van der Waals surface area contributed by atoms with E-state index in [1.807, 2.05) is 6.92 Å². The summed E-state index contributed by atoms with van der Waals surface area (Å²) in [6, 6.07) is 1.24. The lowest BCUT2D eigenvalue weighted by molar-refractivity contribution is 0.0351. The Balaban J connectivity index is 1.57. The molecule has 33 heavy (non-hydrogen) atoms. The first kappa shape index (κ1) is 21.7. The molecule has 2 amide bonds. The van der Waals surface area contributed by atoms with Crippen molar-refractivity contribution in [1.82, 2.24) is 25.3 Å². The third-order valence-corrected chi connectivity index (χ3v) is 6.38. The first-order valence-electron chi connectivity index (χ1n) is 11.4. The maximum atomic E-state index is 15.9. The second kappa shape index (κ2) is 8.68. The average Bonchev–Trinajstić information content (AvgIpc) is 3.55. The van der Waals surface area contributed by atoms with E-state index >= 15 is 4.39 Å². The number of benzene rings is 1. The van der Waals surface area contributed by atoms with Crippen LogP contribution in [0.15, 0.2) is 18.5 Å². The Morgan fingerprint density at radius 3 is 2.73 bits per heavy atom. The molecule has 0 radical (unpaired) electrons. The van der Waals surface area contributed by atoms with Gasteiger partial charge in [-0.15, -0.1) is 0 Å². The number of carbonyl (C=O) groups excluding carboxylic acids is 1. The summed E-state index contributed by atoms with van der Waals surface area (Å²) >= 11 is 0. The van der Waals surface area contributed by atoms with Crippen molar-refractivity contribution in [1.29, 1.82) is 0 Å². The normalized spacial score (nSPS) is 19.8. The predicted molar refractivity (Wildman–Crippen MR) is 120 cm³/mol. The van der Waals surface area contributed by atoms with Gasteiger partial charge in [0.2, 0.25) is 5.95 Å². The van der Waals surface area contributed by atoms with Crippen LogP contribution < -0.4 is 10.6 Å². The molecule has 9 nitrogen and oxygen atoms in total. The van der Waals surface area contributed by atoms with Crippen LogP contribution in [-0.2, 0) is 10.3 Å². The number of nitrogens with one attached hydrogen (secondary N) is 3. The number of aromatic nitrogens is 4. The first-order valence-corrected chi connectivity index (χ1v) is 11.4. The zero-order chi connectivity index (χ0) is 23.0. The van der Waals surface area contributed by atoms with E-state index in [9.17, 15) is 9.90 Å². The highest BCUT2D eigenvalue weighted by Gasteiger charge is 2.36. The van der Waals surface area contributed by atoms with Crippen LogP contribution in [0.5, 0.6) is 0 Å². The molecule has 1 unspecified atom stereocenters. The topological polar surface area (TPSA) is 125 Å². The fraction of sp³-hybridized carbons (Fsp3) is 0.478. The first-order chi connectivity index (χ1) is 16.0. The molecule has 1 saturated heterocycles. The zero-order valence-corrected chi connectivity index (χ0v) is 18.4. The van der Waals surface area contributed by atoms with E-state index in [1.54, 1.807) is 18.5 Å². The van der Waals surface area contributed by atoms with Gasteiger partial charge in [0.25, 0.3) is 0 Å². The molecule has 4 N–H and O–H groups in total. The Labute approximate surface area is 190 Å². The summed E-state index contributed by atoms with van der Waals surface area (Å²) in [5, 5.41) is 16.0. The van der Waals surface area contributed by atoms with Gasteiger partial charge in [-0.25, -0.2) is 24.1 Å². The highest BCUT2D eigenvalue weighted by molar-refractivity contribution is 5.92. The second-order valence-corrected chi connectivity index (χ2v) is 8.65. The average molecular weight is 455 g/mol. The fourth-order valence-electron chi connectivity index (χ4n) is 4.72. The molecule has 2 fully saturated rings. The summed E-state index contributed by atoms with van der Waals surface area (Å²) in [5.41, 5.74) is 1.15. The van der Waals surface area contributed by atoms with Gasteiger partial charge in [-0.1, -0.05) is 0 Å². The van der Waals surface area contributed by atoms with Gasteiger partial charge in [-0.3, -0.25) is 5.32 Å². The Hall–Kier alpha value is -3.11. The van der Waals surface area contributed by atoms with Gasteiger partial charge in [0.05, 0.1) is 17.1 Å². The van der Waals surface area contributed by atoms with E-state index in [0.29, 0.717) is 66.0 Å². The monoisotopic (exact) mass is 454 g/mol. The number of fused-ring (bicyclic) bond motifs is 1. The lowest BCUT2D eigenvalue weighted by Crippen LogP contribution is -2.28. The van der Waals surface area contributed by atoms with Crippen LogP contribution >= 0.6 is 0 Å². The van der Waals surface area contributed by atoms with Crippen molar-refractivity contribution in [2.24, 2.45) is 0 Å². The van der Waals surface area contributed by atoms with Crippen LogP contribution in [0.2, 0.25) is 0 Å². The van der Waals surface area contributed by atoms with Crippen molar-refractivity contribution in [3.63, 3.8) is 0 Å². The minimum Gasteiger partial charge on any atom is -0.382 e. The number of imidazole rings is 1. The van der Waals surface area contributed by atoms with Crippen molar-refractivity contribution in [2.45, 2.75) is 57.2 Å². The molecule has 10 heteroatoms. The predicted octanol–water partition coefficient (Wildman–Crippen LogP) is 3.91. The number of hydrogen-bond donors (Lipinski definition) is 4. The minimum absolute atomic E-state index is 0.224. The number of anilines is 1. The number of hydrogen-bond acceptors (Lipinski definition) is 6. The minimum atomic E-state index is -1.01. The number of H-pyrrole nitrogens is 1. The highest BCUT2D eigenvalue weighted by atomic mass is 19.1. The summed E-state index contributed by atoms with van der Waals surface area (Å²) in [6.45, 7) is 2.84. The summed E-state index contributed by atoms with van der Waals surface area (Å²) in [5.74, 6) is 0.155. The van der Waals surface area contributed by atoms with Crippen LogP contribution in [0.25, 0.3) is 22.2 Å². The molecule has 1 aliphatic heterocycles. The number of aromatic amines is 1. The number of nitrogens with zero attached hydrogens (tertiary/aromatic N) is 3. The lowest BCUT2D eigenvalue weighted by Gasteiger charge is -2.20. The largest absolute Gasteiger partial charge is 0.382 e. The molecular formula is C23H27FN6O3. The maximum Gasteiger partial charge on any atom is 0.321 e. The van der Waals surface area contributed by atoms with E-state index in [-0.39, 0.29) is 5.95 Å². The second-order valence-electron chi connectivity index (χ2n) is 8.65. The molecule has 0 bridgehead atoms.